The Labute approximate surface area is 121 Å². The molecule has 0 spiro atoms. The van der Waals surface area contributed by atoms with Crippen molar-refractivity contribution in [2.24, 2.45) is 0 Å². The van der Waals surface area contributed by atoms with Crippen molar-refractivity contribution >= 4 is 21.9 Å². The van der Waals surface area contributed by atoms with Crippen LogP contribution in [0.5, 0.6) is 5.75 Å². The number of aliphatic hydroxyl groups excluding tert-OH is 1. The lowest BCUT2D eigenvalue weighted by Gasteiger charge is -2.13. The summed E-state index contributed by atoms with van der Waals surface area (Å²) in [4.78, 5) is 11.4. The lowest BCUT2D eigenvalue weighted by Crippen LogP contribution is -2.15. The van der Waals surface area contributed by atoms with Crippen LogP contribution in [0.2, 0.25) is 0 Å². The van der Waals surface area contributed by atoms with E-state index in [-0.39, 0.29) is 6.61 Å². The summed E-state index contributed by atoms with van der Waals surface area (Å²) in [5, 5.41) is 9.80. The van der Waals surface area contributed by atoms with Crippen LogP contribution in [0.25, 0.3) is 0 Å². The number of hydrogen-bond acceptors (Lipinski definition) is 4. The fourth-order valence-electron chi connectivity index (χ4n) is 1.36. The Morgan fingerprint density at radius 1 is 1.53 bits per heavy atom. The number of rotatable bonds is 6. The maximum Gasteiger partial charge on any atom is 0.339 e. The van der Waals surface area contributed by atoms with Crippen LogP contribution in [0.3, 0.4) is 0 Å². The van der Waals surface area contributed by atoms with Gasteiger partial charge in [-0.05, 0) is 53.0 Å². The molecule has 0 aliphatic heterocycles. The molecule has 1 rings (SSSR count). The van der Waals surface area contributed by atoms with Gasteiger partial charge in [0.1, 0.15) is 12.4 Å². The fourth-order valence-corrected chi connectivity index (χ4v) is 1.87. The minimum atomic E-state index is -1.29. The molecule has 0 heterocycles. The van der Waals surface area contributed by atoms with Gasteiger partial charge in [0, 0.05) is 0 Å². The van der Waals surface area contributed by atoms with Crippen molar-refractivity contribution in [3.63, 3.8) is 0 Å². The Morgan fingerprint density at radius 2 is 2.21 bits per heavy atom. The van der Waals surface area contributed by atoms with Crippen LogP contribution in [0, 0.1) is 0 Å². The zero-order chi connectivity index (χ0) is 14.4. The van der Waals surface area contributed by atoms with E-state index in [1.165, 1.54) is 0 Å². The van der Waals surface area contributed by atoms with Gasteiger partial charge in [-0.2, -0.15) is 0 Å². The summed E-state index contributed by atoms with van der Waals surface area (Å²) >= 11 is 3.34. The molecule has 0 amide bonds. The third-order valence-electron chi connectivity index (χ3n) is 2.26. The smallest absolute Gasteiger partial charge is 0.339 e. The summed E-state index contributed by atoms with van der Waals surface area (Å²) in [7, 11) is 0. The highest BCUT2D eigenvalue weighted by molar-refractivity contribution is 9.10. The number of ether oxygens (including phenoxy) is 2. The average Bonchev–Trinajstić information content (AvgIpc) is 2.36. The molecule has 19 heavy (non-hydrogen) atoms. The normalized spacial score (nSPS) is 11.8. The van der Waals surface area contributed by atoms with Crippen LogP contribution in [0.1, 0.15) is 25.5 Å². The maximum absolute atomic E-state index is 11.4. The van der Waals surface area contributed by atoms with E-state index in [1.807, 2.05) is 6.92 Å². The van der Waals surface area contributed by atoms with E-state index < -0.39 is 12.1 Å². The first kappa shape index (κ1) is 15.7. The molecule has 0 saturated heterocycles. The predicted octanol–water partition coefficient (Wildman–Crippen LogP) is 3.00. The summed E-state index contributed by atoms with van der Waals surface area (Å²) in [6.07, 6.45) is -1.29. The van der Waals surface area contributed by atoms with Crippen LogP contribution in [-0.4, -0.2) is 24.3 Å². The molecule has 0 radical (unpaired) electrons. The summed E-state index contributed by atoms with van der Waals surface area (Å²) in [5.41, 5.74) is 1.36. The average molecular weight is 329 g/mol. The van der Waals surface area contributed by atoms with Crippen LogP contribution >= 0.6 is 15.9 Å². The maximum atomic E-state index is 11.4. The van der Waals surface area contributed by atoms with Gasteiger partial charge in [-0.1, -0.05) is 12.6 Å². The highest BCUT2D eigenvalue weighted by Crippen LogP contribution is 2.29. The molecule has 0 fully saturated rings. The fraction of sp³-hybridized carbons (Fsp3) is 0.357. The number of benzene rings is 1. The van der Waals surface area contributed by atoms with Crippen LogP contribution in [0.4, 0.5) is 0 Å². The highest BCUT2D eigenvalue weighted by atomic mass is 79.9. The van der Waals surface area contributed by atoms with Crippen LogP contribution in [-0.2, 0) is 9.53 Å². The molecule has 1 unspecified atom stereocenters. The van der Waals surface area contributed by atoms with E-state index in [2.05, 4.69) is 22.5 Å². The third kappa shape index (κ3) is 4.69. The highest BCUT2D eigenvalue weighted by Gasteiger charge is 2.19. The van der Waals surface area contributed by atoms with Crippen molar-refractivity contribution in [3.8, 4) is 5.75 Å². The molecule has 1 aromatic rings. The Morgan fingerprint density at radius 3 is 2.74 bits per heavy atom. The van der Waals surface area contributed by atoms with E-state index in [9.17, 15) is 9.90 Å². The number of aliphatic hydroxyl groups is 1. The summed E-state index contributed by atoms with van der Waals surface area (Å²) < 4.78 is 10.9. The molecular formula is C14H17BrO4. The standard InChI is InChI=1S/C14H17BrO4/c1-4-18-14(17)13(16)10-5-6-12(11(15)7-10)19-8-9(2)3/h5-7,13,16H,2,4,8H2,1,3H3. The molecule has 4 nitrogen and oxygen atoms in total. The van der Waals surface area contributed by atoms with Gasteiger partial charge in [0.25, 0.3) is 0 Å². The Bertz CT molecular complexity index is 471. The lowest BCUT2D eigenvalue weighted by molar-refractivity contribution is -0.153. The zero-order valence-electron chi connectivity index (χ0n) is 11.0. The molecule has 0 saturated carbocycles. The molecule has 1 N–H and O–H groups in total. The summed E-state index contributed by atoms with van der Waals surface area (Å²) in [6, 6.07) is 4.94. The Hall–Kier alpha value is -1.33. The SMILES string of the molecule is C=C(C)COc1ccc(C(O)C(=O)OCC)cc1Br. The third-order valence-corrected chi connectivity index (χ3v) is 2.88. The van der Waals surface area contributed by atoms with Gasteiger partial charge < -0.3 is 14.6 Å². The second-order valence-corrected chi connectivity index (χ2v) is 4.94. The molecule has 0 bridgehead atoms. The second-order valence-electron chi connectivity index (χ2n) is 4.09. The molecule has 0 aliphatic rings. The summed E-state index contributed by atoms with van der Waals surface area (Å²) in [6.45, 7) is 7.95. The summed E-state index contributed by atoms with van der Waals surface area (Å²) in [5.74, 6) is -0.0344. The first-order chi connectivity index (χ1) is 8.95. The second kappa shape index (κ2) is 7.31. The first-order valence-corrected chi connectivity index (χ1v) is 6.66. The van der Waals surface area contributed by atoms with E-state index in [4.69, 9.17) is 9.47 Å². The van der Waals surface area contributed by atoms with Crippen molar-refractivity contribution in [3.05, 3.63) is 40.4 Å². The number of hydrogen-bond donors (Lipinski definition) is 1. The van der Waals surface area contributed by atoms with Gasteiger partial charge in [-0.25, -0.2) is 4.79 Å². The number of halogens is 1. The molecule has 1 atom stereocenters. The Kier molecular flexibility index (Phi) is 6.05. The minimum absolute atomic E-state index is 0.233. The predicted molar refractivity (Wildman–Crippen MR) is 76.0 cm³/mol. The molecule has 1 aromatic carbocycles. The van der Waals surface area contributed by atoms with Gasteiger partial charge in [-0.3, -0.25) is 0 Å². The first-order valence-electron chi connectivity index (χ1n) is 5.87. The molecule has 0 aliphatic carbocycles. The van der Waals surface area contributed by atoms with Crippen LogP contribution in [0.15, 0.2) is 34.8 Å². The van der Waals surface area contributed by atoms with E-state index in [1.54, 1.807) is 25.1 Å². The topological polar surface area (TPSA) is 55.8 Å². The van der Waals surface area contributed by atoms with Crippen molar-refractivity contribution in [2.45, 2.75) is 20.0 Å². The van der Waals surface area contributed by atoms with E-state index in [0.29, 0.717) is 22.4 Å². The van der Waals surface area contributed by atoms with Crippen molar-refractivity contribution in [1.82, 2.24) is 0 Å². The van der Waals surface area contributed by atoms with Crippen LogP contribution < -0.4 is 4.74 Å². The largest absolute Gasteiger partial charge is 0.488 e. The van der Waals surface area contributed by atoms with Gasteiger partial charge in [0.15, 0.2) is 6.10 Å². The van der Waals surface area contributed by atoms with Gasteiger partial charge in [-0.15, -0.1) is 0 Å². The number of carbonyl (C=O) groups excluding carboxylic acids is 1. The zero-order valence-corrected chi connectivity index (χ0v) is 12.6. The van der Waals surface area contributed by atoms with Gasteiger partial charge in [0.05, 0.1) is 11.1 Å². The molecule has 104 valence electrons. The lowest BCUT2D eigenvalue weighted by atomic mass is 10.1. The Balaban J connectivity index is 2.81. The van der Waals surface area contributed by atoms with Crippen molar-refractivity contribution in [1.29, 1.82) is 0 Å². The van der Waals surface area contributed by atoms with E-state index >= 15 is 0 Å². The minimum Gasteiger partial charge on any atom is -0.488 e. The van der Waals surface area contributed by atoms with Gasteiger partial charge >= 0.3 is 5.97 Å². The quantitative estimate of drug-likeness (QED) is 0.644. The molecule has 0 aromatic heterocycles. The van der Waals surface area contributed by atoms with Gasteiger partial charge in [0.2, 0.25) is 0 Å². The monoisotopic (exact) mass is 328 g/mol. The van der Waals surface area contributed by atoms with E-state index in [0.717, 1.165) is 5.57 Å². The molecular weight excluding hydrogens is 312 g/mol. The van der Waals surface area contributed by atoms with Crippen molar-refractivity contribution in [2.75, 3.05) is 13.2 Å². The number of carbonyl (C=O) groups is 1. The molecule has 5 heteroatoms. The van der Waals surface area contributed by atoms with Crippen molar-refractivity contribution < 1.29 is 19.4 Å². The number of esters is 1.